The van der Waals surface area contributed by atoms with Crippen LogP contribution in [0.4, 0.5) is 0 Å². The number of aliphatic hydroxyl groups excluding tert-OH is 1. The zero-order valence-corrected chi connectivity index (χ0v) is 11.2. The summed E-state index contributed by atoms with van der Waals surface area (Å²) in [5, 5.41) is 10.2. The topological polar surface area (TPSA) is 33.1 Å². The van der Waals surface area contributed by atoms with Crippen molar-refractivity contribution in [2.24, 2.45) is 0 Å². The van der Waals surface area contributed by atoms with Gasteiger partial charge in [0.15, 0.2) is 0 Å². The first-order valence-corrected chi connectivity index (χ1v) is 6.29. The lowest BCUT2D eigenvalue weighted by molar-refractivity contribution is 0.177. The highest BCUT2D eigenvalue weighted by Gasteiger charge is 2.11. The monoisotopic (exact) mass is 291 g/mol. The number of hydrogen-bond acceptors (Lipinski definition) is 2. The Kier molecular flexibility index (Phi) is 3.92. The standard InChI is InChI=1S/C14H14BrNO/c1-10-2-3-12(15)9-13(10)14(17)8-11-4-6-16-7-5-11/h2-7,9,14,17H,8H2,1H3. The Bertz CT molecular complexity index is 499. The van der Waals surface area contributed by atoms with Crippen LogP contribution in [0.5, 0.6) is 0 Å². The van der Waals surface area contributed by atoms with Gasteiger partial charge in [0, 0.05) is 23.3 Å². The molecular formula is C14H14BrNO. The summed E-state index contributed by atoms with van der Waals surface area (Å²) < 4.78 is 0.992. The summed E-state index contributed by atoms with van der Waals surface area (Å²) in [5.41, 5.74) is 3.16. The van der Waals surface area contributed by atoms with Crippen LogP contribution in [0.1, 0.15) is 22.8 Å². The van der Waals surface area contributed by atoms with Gasteiger partial charge in [-0.15, -0.1) is 0 Å². The predicted molar refractivity (Wildman–Crippen MR) is 71.8 cm³/mol. The van der Waals surface area contributed by atoms with Gasteiger partial charge in [-0.05, 0) is 47.9 Å². The van der Waals surface area contributed by atoms with E-state index >= 15 is 0 Å². The summed E-state index contributed by atoms with van der Waals surface area (Å²) in [4.78, 5) is 3.97. The maximum Gasteiger partial charge on any atom is 0.0833 e. The van der Waals surface area contributed by atoms with Crippen molar-refractivity contribution >= 4 is 15.9 Å². The fraction of sp³-hybridized carbons (Fsp3) is 0.214. The van der Waals surface area contributed by atoms with E-state index in [2.05, 4.69) is 20.9 Å². The Morgan fingerprint density at radius 2 is 1.94 bits per heavy atom. The van der Waals surface area contributed by atoms with Crippen molar-refractivity contribution in [2.75, 3.05) is 0 Å². The molecule has 0 aliphatic carbocycles. The summed E-state index contributed by atoms with van der Waals surface area (Å²) in [6.07, 6.45) is 3.63. The molecular weight excluding hydrogens is 278 g/mol. The van der Waals surface area contributed by atoms with Crippen LogP contribution >= 0.6 is 15.9 Å². The molecule has 3 heteroatoms. The predicted octanol–water partition coefficient (Wildman–Crippen LogP) is 3.43. The first kappa shape index (κ1) is 12.3. The smallest absolute Gasteiger partial charge is 0.0833 e. The van der Waals surface area contributed by atoms with E-state index in [1.165, 1.54) is 0 Å². The third-order valence-corrected chi connectivity index (χ3v) is 3.27. The van der Waals surface area contributed by atoms with E-state index in [4.69, 9.17) is 0 Å². The van der Waals surface area contributed by atoms with E-state index in [0.717, 1.165) is 21.2 Å². The Labute approximate surface area is 109 Å². The number of aliphatic hydroxyl groups is 1. The van der Waals surface area contributed by atoms with Crippen molar-refractivity contribution in [3.05, 3.63) is 63.9 Å². The molecule has 17 heavy (non-hydrogen) atoms. The minimum atomic E-state index is -0.477. The summed E-state index contributed by atoms with van der Waals surface area (Å²) in [6.45, 7) is 2.01. The second-order valence-electron chi connectivity index (χ2n) is 4.08. The lowest BCUT2D eigenvalue weighted by Gasteiger charge is -2.14. The van der Waals surface area contributed by atoms with Crippen LogP contribution in [0.2, 0.25) is 0 Å². The lowest BCUT2D eigenvalue weighted by Crippen LogP contribution is -2.04. The van der Waals surface area contributed by atoms with Gasteiger partial charge in [-0.2, -0.15) is 0 Å². The van der Waals surface area contributed by atoms with Crippen LogP contribution in [-0.2, 0) is 6.42 Å². The van der Waals surface area contributed by atoms with Crippen molar-refractivity contribution < 1.29 is 5.11 Å². The van der Waals surface area contributed by atoms with Crippen molar-refractivity contribution in [1.82, 2.24) is 4.98 Å². The van der Waals surface area contributed by atoms with Crippen LogP contribution in [0.3, 0.4) is 0 Å². The number of aryl methyl sites for hydroxylation is 1. The minimum absolute atomic E-state index is 0.477. The molecule has 0 aliphatic heterocycles. The van der Waals surface area contributed by atoms with Crippen molar-refractivity contribution in [1.29, 1.82) is 0 Å². The Morgan fingerprint density at radius 3 is 2.65 bits per heavy atom. The molecule has 0 fully saturated rings. The second kappa shape index (κ2) is 5.43. The number of halogens is 1. The maximum atomic E-state index is 10.2. The van der Waals surface area contributed by atoms with E-state index in [-0.39, 0.29) is 0 Å². The summed E-state index contributed by atoms with van der Waals surface area (Å²) >= 11 is 3.43. The first-order chi connectivity index (χ1) is 8.16. The fourth-order valence-electron chi connectivity index (χ4n) is 1.82. The van der Waals surface area contributed by atoms with Gasteiger partial charge in [0.05, 0.1) is 6.10 Å². The van der Waals surface area contributed by atoms with E-state index < -0.39 is 6.10 Å². The molecule has 0 saturated carbocycles. The third kappa shape index (κ3) is 3.14. The lowest BCUT2D eigenvalue weighted by atomic mass is 9.98. The molecule has 0 aliphatic rings. The zero-order chi connectivity index (χ0) is 12.3. The van der Waals surface area contributed by atoms with Gasteiger partial charge >= 0.3 is 0 Å². The SMILES string of the molecule is Cc1ccc(Br)cc1C(O)Cc1ccncc1. The van der Waals surface area contributed by atoms with Crippen molar-refractivity contribution in [3.8, 4) is 0 Å². The molecule has 1 aromatic carbocycles. The van der Waals surface area contributed by atoms with Crippen molar-refractivity contribution in [3.63, 3.8) is 0 Å². The Hall–Kier alpha value is -1.19. The van der Waals surface area contributed by atoms with Crippen LogP contribution in [0.25, 0.3) is 0 Å². The summed E-state index contributed by atoms with van der Waals surface area (Å²) in [5.74, 6) is 0. The van der Waals surface area contributed by atoms with E-state index in [1.54, 1.807) is 12.4 Å². The molecule has 2 rings (SSSR count). The molecule has 2 aromatic rings. The van der Waals surface area contributed by atoms with Gasteiger partial charge in [0.1, 0.15) is 0 Å². The summed E-state index contributed by atoms with van der Waals surface area (Å²) in [7, 11) is 0. The molecule has 88 valence electrons. The van der Waals surface area contributed by atoms with E-state index in [1.807, 2.05) is 37.3 Å². The van der Waals surface area contributed by atoms with Crippen LogP contribution in [-0.4, -0.2) is 10.1 Å². The van der Waals surface area contributed by atoms with Crippen LogP contribution in [0, 0.1) is 6.92 Å². The number of rotatable bonds is 3. The van der Waals surface area contributed by atoms with Gasteiger partial charge < -0.3 is 5.11 Å². The third-order valence-electron chi connectivity index (χ3n) is 2.78. The van der Waals surface area contributed by atoms with Gasteiger partial charge in [-0.3, -0.25) is 4.98 Å². The zero-order valence-electron chi connectivity index (χ0n) is 9.60. The fourth-order valence-corrected chi connectivity index (χ4v) is 2.20. The quantitative estimate of drug-likeness (QED) is 0.940. The average Bonchev–Trinajstić information content (AvgIpc) is 2.33. The number of nitrogens with zero attached hydrogens (tertiary/aromatic N) is 1. The Balaban J connectivity index is 2.20. The molecule has 0 radical (unpaired) electrons. The highest BCUT2D eigenvalue weighted by Crippen LogP contribution is 2.24. The number of aromatic nitrogens is 1. The van der Waals surface area contributed by atoms with E-state index in [9.17, 15) is 5.11 Å². The average molecular weight is 292 g/mol. The molecule has 1 aromatic heterocycles. The molecule has 1 heterocycles. The molecule has 0 saturated heterocycles. The highest BCUT2D eigenvalue weighted by atomic mass is 79.9. The molecule has 1 N–H and O–H groups in total. The number of pyridine rings is 1. The number of hydrogen-bond donors (Lipinski definition) is 1. The van der Waals surface area contributed by atoms with Gasteiger partial charge in [-0.25, -0.2) is 0 Å². The van der Waals surface area contributed by atoms with Gasteiger partial charge in [0.25, 0.3) is 0 Å². The van der Waals surface area contributed by atoms with Crippen LogP contribution < -0.4 is 0 Å². The summed E-state index contributed by atoms with van der Waals surface area (Å²) in [6, 6.07) is 9.82. The van der Waals surface area contributed by atoms with Crippen LogP contribution in [0.15, 0.2) is 47.2 Å². The minimum Gasteiger partial charge on any atom is -0.388 e. The molecule has 1 atom stereocenters. The maximum absolute atomic E-state index is 10.2. The highest BCUT2D eigenvalue weighted by molar-refractivity contribution is 9.10. The van der Waals surface area contributed by atoms with Gasteiger partial charge in [0.2, 0.25) is 0 Å². The first-order valence-electron chi connectivity index (χ1n) is 5.50. The van der Waals surface area contributed by atoms with Crippen molar-refractivity contribution in [2.45, 2.75) is 19.4 Å². The molecule has 0 spiro atoms. The number of benzene rings is 1. The Morgan fingerprint density at radius 1 is 1.24 bits per heavy atom. The normalized spacial score (nSPS) is 12.4. The van der Waals surface area contributed by atoms with Gasteiger partial charge in [-0.1, -0.05) is 22.0 Å². The molecule has 0 amide bonds. The van der Waals surface area contributed by atoms with E-state index in [0.29, 0.717) is 6.42 Å². The molecule has 0 bridgehead atoms. The molecule has 2 nitrogen and oxygen atoms in total. The second-order valence-corrected chi connectivity index (χ2v) is 4.99. The largest absolute Gasteiger partial charge is 0.388 e. The molecule has 1 unspecified atom stereocenters.